The van der Waals surface area contributed by atoms with Gasteiger partial charge in [0.15, 0.2) is 4.34 Å². The van der Waals surface area contributed by atoms with Crippen LogP contribution in [-0.2, 0) is 15.0 Å². The SMILES string of the molecule is CC(=O)N(c1nnc(SCC(=O)NCC2(c3ccccc3)CCC2)s1)C1CC1. The highest BCUT2D eigenvalue weighted by Crippen LogP contribution is 2.43. The van der Waals surface area contributed by atoms with Crippen LogP contribution in [-0.4, -0.2) is 40.4 Å². The molecule has 4 rings (SSSR count). The molecule has 1 aromatic carbocycles. The topological polar surface area (TPSA) is 75.2 Å². The molecule has 2 aliphatic carbocycles. The molecular formula is C20H24N4O2S2. The third kappa shape index (κ3) is 4.22. The molecule has 1 aromatic heterocycles. The van der Waals surface area contributed by atoms with Gasteiger partial charge in [0.2, 0.25) is 16.9 Å². The van der Waals surface area contributed by atoms with E-state index in [1.54, 1.807) is 11.8 Å². The summed E-state index contributed by atoms with van der Waals surface area (Å²) in [4.78, 5) is 25.9. The maximum atomic E-state index is 12.4. The van der Waals surface area contributed by atoms with Gasteiger partial charge in [0.25, 0.3) is 0 Å². The second kappa shape index (κ2) is 8.21. The summed E-state index contributed by atoms with van der Waals surface area (Å²) in [6, 6.07) is 10.7. The van der Waals surface area contributed by atoms with Crippen molar-refractivity contribution in [2.24, 2.45) is 0 Å². The zero-order chi connectivity index (χ0) is 19.6. The van der Waals surface area contributed by atoms with Crippen molar-refractivity contribution in [3.8, 4) is 0 Å². The van der Waals surface area contributed by atoms with Crippen LogP contribution in [0, 0.1) is 0 Å². The molecule has 148 valence electrons. The molecule has 1 heterocycles. The van der Waals surface area contributed by atoms with Gasteiger partial charge in [-0.3, -0.25) is 14.5 Å². The van der Waals surface area contributed by atoms with Crippen molar-refractivity contribution in [3.63, 3.8) is 0 Å². The van der Waals surface area contributed by atoms with Crippen LogP contribution in [0.3, 0.4) is 0 Å². The van der Waals surface area contributed by atoms with Crippen molar-refractivity contribution in [2.45, 2.75) is 54.8 Å². The normalized spacial score (nSPS) is 17.6. The Balaban J connectivity index is 1.29. The fourth-order valence-electron chi connectivity index (χ4n) is 3.65. The van der Waals surface area contributed by atoms with Crippen molar-refractivity contribution in [2.75, 3.05) is 17.2 Å². The number of anilines is 1. The van der Waals surface area contributed by atoms with E-state index in [4.69, 9.17) is 0 Å². The molecule has 1 N–H and O–H groups in total. The van der Waals surface area contributed by atoms with Crippen molar-refractivity contribution in [1.82, 2.24) is 15.5 Å². The lowest BCUT2D eigenvalue weighted by atomic mass is 9.64. The first-order valence-electron chi connectivity index (χ1n) is 9.66. The minimum atomic E-state index is -0.000323. The molecule has 0 saturated heterocycles. The van der Waals surface area contributed by atoms with Gasteiger partial charge in [-0.2, -0.15) is 0 Å². The number of nitrogens with zero attached hydrogens (tertiary/aromatic N) is 3. The van der Waals surface area contributed by atoms with Crippen LogP contribution in [0.25, 0.3) is 0 Å². The summed E-state index contributed by atoms with van der Waals surface area (Å²) in [6.07, 6.45) is 5.49. The van der Waals surface area contributed by atoms with E-state index in [2.05, 4.69) is 39.8 Å². The van der Waals surface area contributed by atoms with Crippen molar-refractivity contribution < 1.29 is 9.59 Å². The second-order valence-electron chi connectivity index (χ2n) is 7.54. The maximum absolute atomic E-state index is 12.4. The highest BCUT2D eigenvalue weighted by molar-refractivity contribution is 8.01. The van der Waals surface area contributed by atoms with Gasteiger partial charge in [-0.15, -0.1) is 10.2 Å². The Kier molecular flexibility index (Phi) is 5.68. The zero-order valence-electron chi connectivity index (χ0n) is 15.9. The Hall–Kier alpha value is -1.93. The predicted molar refractivity (Wildman–Crippen MR) is 112 cm³/mol. The number of hydrogen-bond donors (Lipinski definition) is 1. The van der Waals surface area contributed by atoms with Crippen LogP contribution >= 0.6 is 23.1 Å². The minimum absolute atomic E-state index is 0.000323. The van der Waals surface area contributed by atoms with Crippen molar-refractivity contribution in [3.05, 3.63) is 35.9 Å². The Morgan fingerprint density at radius 1 is 1.25 bits per heavy atom. The van der Waals surface area contributed by atoms with Gasteiger partial charge < -0.3 is 5.32 Å². The van der Waals surface area contributed by atoms with Crippen LogP contribution in [0.5, 0.6) is 0 Å². The van der Waals surface area contributed by atoms with Gasteiger partial charge >= 0.3 is 0 Å². The summed E-state index contributed by atoms with van der Waals surface area (Å²) >= 11 is 2.76. The summed E-state index contributed by atoms with van der Waals surface area (Å²) in [5, 5.41) is 12.0. The largest absolute Gasteiger partial charge is 0.354 e. The van der Waals surface area contributed by atoms with Crippen LogP contribution in [0.2, 0.25) is 0 Å². The van der Waals surface area contributed by atoms with E-state index in [9.17, 15) is 9.59 Å². The van der Waals surface area contributed by atoms with Gasteiger partial charge in [0, 0.05) is 24.9 Å². The van der Waals surface area contributed by atoms with E-state index in [1.165, 1.54) is 35.1 Å². The fraction of sp³-hybridized carbons (Fsp3) is 0.500. The van der Waals surface area contributed by atoms with Gasteiger partial charge in [-0.1, -0.05) is 59.9 Å². The molecule has 0 spiro atoms. The number of amides is 2. The number of benzene rings is 1. The summed E-state index contributed by atoms with van der Waals surface area (Å²) < 4.78 is 0.721. The monoisotopic (exact) mass is 416 g/mol. The molecule has 2 amide bonds. The van der Waals surface area contributed by atoms with E-state index in [-0.39, 0.29) is 23.3 Å². The molecule has 2 fully saturated rings. The van der Waals surface area contributed by atoms with Gasteiger partial charge in [-0.25, -0.2) is 0 Å². The minimum Gasteiger partial charge on any atom is -0.354 e. The number of hydrogen-bond acceptors (Lipinski definition) is 6. The Bertz CT molecular complexity index is 847. The first-order chi connectivity index (χ1) is 13.6. The molecule has 0 aliphatic heterocycles. The number of rotatable bonds is 8. The average molecular weight is 417 g/mol. The van der Waals surface area contributed by atoms with Crippen LogP contribution in [0.1, 0.15) is 44.6 Å². The third-order valence-corrected chi connectivity index (χ3v) is 7.56. The predicted octanol–water partition coefficient (Wildman–Crippen LogP) is 3.38. The molecule has 6 nitrogen and oxygen atoms in total. The van der Waals surface area contributed by atoms with Crippen LogP contribution in [0.15, 0.2) is 34.7 Å². The molecule has 0 bridgehead atoms. The standard InChI is InChI=1S/C20H24N4O2S2/c1-14(25)24(16-8-9-16)18-22-23-19(28-18)27-12-17(26)21-13-20(10-5-11-20)15-6-3-2-4-7-15/h2-4,6-7,16H,5,8-13H2,1H3,(H,21,26). The summed E-state index contributed by atoms with van der Waals surface area (Å²) in [5.41, 5.74) is 1.40. The van der Waals surface area contributed by atoms with Gasteiger partial charge in [0.05, 0.1) is 5.75 Å². The lowest BCUT2D eigenvalue weighted by Crippen LogP contribution is -2.46. The first-order valence-corrected chi connectivity index (χ1v) is 11.5. The molecular weight excluding hydrogens is 392 g/mol. The smallest absolute Gasteiger partial charge is 0.230 e. The fourth-order valence-corrected chi connectivity index (χ4v) is 5.43. The van der Waals surface area contributed by atoms with Crippen LogP contribution < -0.4 is 10.2 Å². The quantitative estimate of drug-likeness (QED) is 0.527. The van der Waals surface area contributed by atoms with Crippen molar-refractivity contribution in [1.29, 1.82) is 0 Å². The van der Waals surface area contributed by atoms with E-state index in [1.807, 2.05) is 6.07 Å². The highest BCUT2D eigenvalue weighted by Gasteiger charge is 2.38. The average Bonchev–Trinajstić information content (AvgIpc) is 3.37. The van der Waals surface area contributed by atoms with E-state index < -0.39 is 0 Å². The molecule has 2 saturated carbocycles. The first kappa shape index (κ1) is 19.4. The van der Waals surface area contributed by atoms with E-state index in [0.717, 1.165) is 30.0 Å². The molecule has 2 aliphatic rings. The highest BCUT2D eigenvalue weighted by atomic mass is 32.2. The molecule has 0 unspecified atom stereocenters. The lowest BCUT2D eigenvalue weighted by Gasteiger charge is -2.42. The number of aromatic nitrogens is 2. The third-order valence-electron chi connectivity index (χ3n) is 5.50. The lowest BCUT2D eigenvalue weighted by molar-refractivity contribution is -0.119. The van der Waals surface area contributed by atoms with E-state index >= 15 is 0 Å². The Labute approximate surface area is 173 Å². The molecule has 0 atom stereocenters. The number of thioether (sulfide) groups is 1. The maximum Gasteiger partial charge on any atom is 0.230 e. The van der Waals surface area contributed by atoms with Gasteiger partial charge in [0.1, 0.15) is 0 Å². The second-order valence-corrected chi connectivity index (χ2v) is 9.71. The molecule has 2 aromatic rings. The molecule has 0 radical (unpaired) electrons. The molecule has 8 heteroatoms. The number of nitrogens with one attached hydrogen (secondary N) is 1. The summed E-state index contributed by atoms with van der Waals surface area (Å²) in [7, 11) is 0. The number of carbonyl (C=O) groups is 2. The Morgan fingerprint density at radius 2 is 2.00 bits per heavy atom. The van der Waals surface area contributed by atoms with Crippen LogP contribution in [0.4, 0.5) is 5.13 Å². The number of carbonyl (C=O) groups excluding carboxylic acids is 2. The Morgan fingerprint density at radius 3 is 2.61 bits per heavy atom. The zero-order valence-corrected chi connectivity index (χ0v) is 17.5. The summed E-state index contributed by atoms with van der Waals surface area (Å²) in [6.45, 7) is 2.24. The van der Waals surface area contributed by atoms with Gasteiger partial charge in [-0.05, 0) is 31.2 Å². The van der Waals surface area contributed by atoms with E-state index in [0.29, 0.717) is 17.4 Å². The molecule has 28 heavy (non-hydrogen) atoms. The van der Waals surface area contributed by atoms with Crippen molar-refractivity contribution >= 4 is 40.0 Å². The summed E-state index contributed by atoms with van der Waals surface area (Å²) in [5.74, 6) is 0.317.